The highest BCUT2D eigenvalue weighted by atomic mass is 32.2. The highest BCUT2D eigenvalue weighted by Gasteiger charge is 2.29. The average Bonchev–Trinajstić information content (AvgIpc) is 2.60. The molecule has 0 saturated heterocycles. The number of rotatable bonds is 5. The maximum atomic E-state index is 13.4. The van der Waals surface area contributed by atoms with Gasteiger partial charge in [-0.25, -0.2) is 8.78 Å². The van der Waals surface area contributed by atoms with E-state index in [9.17, 15) is 31.5 Å². The third-order valence-corrected chi connectivity index (χ3v) is 4.15. The van der Waals surface area contributed by atoms with Crippen molar-refractivity contribution in [3.05, 3.63) is 65.2 Å². The maximum absolute atomic E-state index is 13.4. The minimum atomic E-state index is -4.46. The van der Waals surface area contributed by atoms with E-state index in [1.807, 2.05) is 0 Å². The predicted molar refractivity (Wildman–Crippen MR) is 89.0 cm³/mol. The second kappa shape index (κ2) is 8.38. The van der Waals surface area contributed by atoms with Crippen molar-refractivity contribution in [1.29, 1.82) is 0 Å². The molecule has 1 unspecified atom stereocenters. The van der Waals surface area contributed by atoms with Crippen LogP contribution in [0, 0.1) is 11.6 Å². The van der Waals surface area contributed by atoms with Gasteiger partial charge in [0.15, 0.2) is 11.6 Å². The molecule has 0 saturated carbocycles. The maximum Gasteiger partial charge on any atom is 0.446 e. The summed E-state index contributed by atoms with van der Waals surface area (Å²) < 4.78 is 63.5. The van der Waals surface area contributed by atoms with E-state index in [1.165, 1.54) is 7.05 Å². The Hall–Kier alpha value is -2.62. The van der Waals surface area contributed by atoms with Gasteiger partial charge in [0.2, 0.25) is 5.91 Å². The van der Waals surface area contributed by atoms with Gasteiger partial charge in [-0.2, -0.15) is 13.2 Å². The zero-order chi connectivity index (χ0) is 20.2. The lowest BCUT2D eigenvalue weighted by molar-refractivity contribution is -0.122. The molecular weight excluding hydrogens is 391 g/mol. The van der Waals surface area contributed by atoms with Gasteiger partial charge in [-0.1, -0.05) is 6.07 Å². The summed E-state index contributed by atoms with van der Waals surface area (Å²) in [5, 5.41) is 4.64. The number of halogens is 5. The molecule has 0 aliphatic rings. The molecular formula is C17H13F5N2O2S. The third kappa shape index (κ3) is 5.68. The smallest absolute Gasteiger partial charge is 0.357 e. The first-order chi connectivity index (χ1) is 12.6. The first-order valence-corrected chi connectivity index (χ1v) is 8.25. The quantitative estimate of drug-likeness (QED) is 0.589. The molecule has 0 aromatic heterocycles. The number of thioether (sulfide) groups is 1. The Labute approximate surface area is 155 Å². The van der Waals surface area contributed by atoms with Gasteiger partial charge in [-0.15, -0.1) is 0 Å². The fourth-order valence-corrected chi connectivity index (χ4v) is 2.70. The number of hydrogen-bond donors (Lipinski definition) is 2. The van der Waals surface area contributed by atoms with Crippen molar-refractivity contribution in [3.63, 3.8) is 0 Å². The van der Waals surface area contributed by atoms with Gasteiger partial charge >= 0.3 is 5.51 Å². The number of amides is 2. The van der Waals surface area contributed by atoms with Gasteiger partial charge in [-0.05, 0) is 53.7 Å². The number of alkyl halides is 3. The molecule has 27 heavy (non-hydrogen) atoms. The van der Waals surface area contributed by atoms with E-state index in [2.05, 4.69) is 10.6 Å². The summed E-state index contributed by atoms with van der Waals surface area (Å²) in [6.45, 7) is 0. The lowest BCUT2D eigenvalue weighted by Gasteiger charge is -2.18. The Morgan fingerprint density at radius 1 is 1.00 bits per heavy atom. The summed E-state index contributed by atoms with van der Waals surface area (Å²) in [5.74, 6) is -3.75. The number of likely N-dealkylation sites (N-methyl/N-ethyl adjacent to an activating group) is 1. The second-order valence-electron chi connectivity index (χ2n) is 5.27. The van der Waals surface area contributed by atoms with E-state index in [-0.39, 0.29) is 27.8 Å². The Morgan fingerprint density at radius 2 is 1.63 bits per heavy atom. The number of carbonyl (C=O) groups is 2. The molecule has 2 aromatic carbocycles. The highest BCUT2D eigenvalue weighted by molar-refractivity contribution is 8.00. The molecule has 0 aliphatic carbocycles. The summed E-state index contributed by atoms with van der Waals surface area (Å²) in [4.78, 5) is 24.2. The van der Waals surface area contributed by atoms with Gasteiger partial charge in [0, 0.05) is 17.5 Å². The van der Waals surface area contributed by atoms with Crippen LogP contribution in [0.3, 0.4) is 0 Å². The SMILES string of the molecule is CNC(=O)C(NC(=O)c1ccc(SC(F)(F)F)cc1)c1ccc(F)c(F)c1. The monoisotopic (exact) mass is 404 g/mol. The van der Waals surface area contributed by atoms with E-state index < -0.39 is 35.0 Å². The molecule has 0 fully saturated rings. The summed E-state index contributed by atoms with van der Waals surface area (Å²) >= 11 is -0.330. The fraction of sp³-hybridized carbons (Fsp3) is 0.176. The number of nitrogens with one attached hydrogen (secondary N) is 2. The summed E-state index contributed by atoms with van der Waals surface area (Å²) in [5.41, 5.74) is -4.45. The Morgan fingerprint density at radius 3 is 2.15 bits per heavy atom. The van der Waals surface area contributed by atoms with Gasteiger partial charge in [0.05, 0.1) is 0 Å². The fourth-order valence-electron chi connectivity index (χ4n) is 2.16. The van der Waals surface area contributed by atoms with E-state index in [0.717, 1.165) is 42.5 Å². The molecule has 2 amide bonds. The van der Waals surface area contributed by atoms with Crippen LogP contribution in [-0.4, -0.2) is 24.4 Å². The van der Waals surface area contributed by atoms with E-state index in [4.69, 9.17) is 0 Å². The van der Waals surface area contributed by atoms with Crippen molar-refractivity contribution in [2.24, 2.45) is 0 Å². The standard InChI is InChI=1S/C17H13F5N2O2S/c1-23-16(26)14(10-4-7-12(18)13(19)8-10)24-15(25)9-2-5-11(6-3-9)27-17(20,21)22/h2-8,14H,1H3,(H,23,26)(H,24,25). The van der Waals surface area contributed by atoms with Gasteiger partial charge < -0.3 is 10.6 Å². The normalized spacial score (nSPS) is 12.4. The average molecular weight is 404 g/mol. The van der Waals surface area contributed by atoms with Crippen molar-refractivity contribution in [1.82, 2.24) is 10.6 Å². The van der Waals surface area contributed by atoms with Gasteiger partial charge in [-0.3, -0.25) is 9.59 Å². The molecule has 10 heteroatoms. The summed E-state index contributed by atoms with van der Waals surface area (Å²) in [7, 11) is 1.30. The molecule has 0 spiro atoms. The van der Waals surface area contributed by atoms with Crippen LogP contribution >= 0.6 is 11.8 Å². The predicted octanol–water partition coefficient (Wildman–Crippen LogP) is 3.79. The molecule has 4 nitrogen and oxygen atoms in total. The van der Waals surface area contributed by atoms with Crippen molar-refractivity contribution < 1.29 is 31.5 Å². The first-order valence-electron chi connectivity index (χ1n) is 7.44. The van der Waals surface area contributed by atoms with Gasteiger partial charge in [0.1, 0.15) is 6.04 Å². The Balaban J connectivity index is 2.20. The zero-order valence-corrected chi connectivity index (χ0v) is 14.5. The molecule has 1 atom stereocenters. The molecule has 0 radical (unpaired) electrons. The minimum Gasteiger partial charge on any atom is -0.357 e. The lowest BCUT2D eigenvalue weighted by Crippen LogP contribution is -2.39. The number of benzene rings is 2. The molecule has 0 bridgehead atoms. The number of carbonyl (C=O) groups excluding carboxylic acids is 2. The minimum absolute atomic E-state index is 0.00184. The first kappa shape index (κ1) is 20.7. The van der Waals surface area contributed by atoms with Crippen LogP contribution in [0.4, 0.5) is 22.0 Å². The van der Waals surface area contributed by atoms with E-state index in [1.54, 1.807) is 0 Å². The van der Waals surface area contributed by atoms with E-state index in [0.29, 0.717) is 0 Å². The molecule has 0 heterocycles. The molecule has 0 aliphatic heterocycles. The topological polar surface area (TPSA) is 58.2 Å². The Bertz CT molecular complexity index is 840. The second-order valence-corrected chi connectivity index (χ2v) is 6.40. The van der Waals surface area contributed by atoms with Crippen LogP contribution in [0.25, 0.3) is 0 Å². The van der Waals surface area contributed by atoms with Crippen LogP contribution in [0.2, 0.25) is 0 Å². The van der Waals surface area contributed by atoms with Crippen molar-refractivity contribution in [2.45, 2.75) is 16.4 Å². The summed E-state index contributed by atoms with van der Waals surface area (Å²) in [6.07, 6.45) is 0. The summed E-state index contributed by atoms with van der Waals surface area (Å²) in [6, 6.07) is 5.96. The van der Waals surface area contributed by atoms with E-state index >= 15 is 0 Å². The van der Waals surface area contributed by atoms with Crippen LogP contribution < -0.4 is 10.6 Å². The van der Waals surface area contributed by atoms with Crippen molar-refractivity contribution in [2.75, 3.05) is 7.05 Å². The zero-order valence-electron chi connectivity index (χ0n) is 13.7. The highest BCUT2D eigenvalue weighted by Crippen LogP contribution is 2.36. The number of hydrogen-bond acceptors (Lipinski definition) is 3. The third-order valence-electron chi connectivity index (χ3n) is 3.41. The van der Waals surface area contributed by atoms with Crippen LogP contribution in [0.15, 0.2) is 47.4 Å². The Kier molecular flexibility index (Phi) is 6.42. The largest absolute Gasteiger partial charge is 0.446 e. The lowest BCUT2D eigenvalue weighted by atomic mass is 10.0. The van der Waals surface area contributed by atoms with Crippen molar-refractivity contribution >= 4 is 23.6 Å². The van der Waals surface area contributed by atoms with Crippen molar-refractivity contribution in [3.8, 4) is 0 Å². The molecule has 2 rings (SSSR count). The molecule has 2 N–H and O–H groups in total. The molecule has 144 valence electrons. The van der Waals surface area contributed by atoms with Crippen LogP contribution in [0.5, 0.6) is 0 Å². The van der Waals surface area contributed by atoms with Gasteiger partial charge in [0.25, 0.3) is 5.91 Å². The van der Waals surface area contributed by atoms with Crippen LogP contribution in [-0.2, 0) is 4.79 Å². The molecule has 2 aromatic rings. The van der Waals surface area contributed by atoms with Crippen LogP contribution in [0.1, 0.15) is 22.0 Å².